The number of likely N-dealkylation sites (tertiary alicyclic amines) is 1. The van der Waals surface area contributed by atoms with Crippen LogP contribution in [0.3, 0.4) is 0 Å². The van der Waals surface area contributed by atoms with Gasteiger partial charge < -0.3 is 9.64 Å². The van der Waals surface area contributed by atoms with Gasteiger partial charge >= 0.3 is 5.97 Å². The molecule has 34 heavy (non-hydrogen) atoms. The number of ether oxygens (including phenoxy) is 1. The van der Waals surface area contributed by atoms with Crippen molar-refractivity contribution in [3.05, 3.63) is 78.4 Å². The van der Waals surface area contributed by atoms with Gasteiger partial charge in [-0.3, -0.25) is 4.79 Å². The monoisotopic (exact) mass is 452 g/mol. The Hall–Kier alpha value is -3.73. The Morgan fingerprint density at radius 2 is 1.59 bits per heavy atom. The van der Waals surface area contributed by atoms with E-state index in [4.69, 9.17) is 9.72 Å². The maximum Gasteiger partial charge on any atom is 0.339 e. The van der Waals surface area contributed by atoms with Crippen molar-refractivity contribution in [3.8, 4) is 11.3 Å². The minimum absolute atomic E-state index is 0.138. The fourth-order valence-corrected chi connectivity index (χ4v) is 5.12. The molecule has 172 valence electrons. The normalized spacial score (nSPS) is 18.2. The van der Waals surface area contributed by atoms with Crippen molar-refractivity contribution in [1.29, 1.82) is 0 Å². The van der Waals surface area contributed by atoms with E-state index in [0.717, 1.165) is 35.6 Å². The average Bonchev–Trinajstić information content (AvgIpc) is 2.86. The largest absolute Gasteiger partial charge is 0.452 e. The molecule has 5 rings (SSSR count). The summed E-state index contributed by atoms with van der Waals surface area (Å²) < 4.78 is 5.57. The van der Waals surface area contributed by atoms with Crippen LogP contribution >= 0.6 is 0 Å². The summed E-state index contributed by atoms with van der Waals surface area (Å²) in [4.78, 5) is 32.8. The Morgan fingerprint density at radius 3 is 2.38 bits per heavy atom. The predicted octanol–water partition coefficient (Wildman–Crippen LogP) is 6.00. The molecule has 5 heteroatoms. The van der Waals surface area contributed by atoms with Crippen molar-refractivity contribution >= 4 is 33.6 Å². The van der Waals surface area contributed by atoms with Gasteiger partial charge in [0, 0.05) is 23.0 Å². The number of para-hydroxylation sites is 1. The first-order valence-electron chi connectivity index (χ1n) is 11.9. The van der Waals surface area contributed by atoms with Gasteiger partial charge in [0.05, 0.1) is 16.8 Å². The maximum absolute atomic E-state index is 13.2. The number of rotatable bonds is 4. The van der Waals surface area contributed by atoms with Crippen LogP contribution in [0.4, 0.5) is 0 Å². The third kappa shape index (κ3) is 4.14. The van der Waals surface area contributed by atoms with Gasteiger partial charge in [-0.05, 0) is 56.0 Å². The lowest BCUT2D eigenvalue weighted by Crippen LogP contribution is -2.49. The number of aromatic nitrogens is 1. The fraction of sp³-hybridized carbons (Fsp3) is 0.276. The van der Waals surface area contributed by atoms with Crippen molar-refractivity contribution in [2.75, 3.05) is 6.61 Å². The van der Waals surface area contributed by atoms with Crippen LogP contribution in [0.1, 0.15) is 43.5 Å². The van der Waals surface area contributed by atoms with E-state index in [1.54, 1.807) is 6.07 Å². The molecular formula is C29H28N2O3. The second-order valence-electron chi connectivity index (χ2n) is 9.11. The van der Waals surface area contributed by atoms with Crippen LogP contribution in [0.25, 0.3) is 32.9 Å². The molecule has 1 saturated heterocycles. The van der Waals surface area contributed by atoms with Crippen LogP contribution < -0.4 is 0 Å². The molecule has 0 saturated carbocycles. The quantitative estimate of drug-likeness (QED) is 0.356. The van der Waals surface area contributed by atoms with Crippen molar-refractivity contribution < 1.29 is 14.3 Å². The van der Waals surface area contributed by atoms with Gasteiger partial charge in [-0.15, -0.1) is 0 Å². The number of fused-ring (bicyclic) bond motifs is 2. The van der Waals surface area contributed by atoms with Crippen LogP contribution in [0.5, 0.6) is 0 Å². The van der Waals surface area contributed by atoms with E-state index >= 15 is 0 Å². The van der Waals surface area contributed by atoms with E-state index in [0.29, 0.717) is 22.2 Å². The van der Waals surface area contributed by atoms with Gasteiger partial charge in [0.1, 0.15) is 0 Å². The molecule has 1 fully saturated rings. The van der Waals surface area contributed by atoms with Crippen LogP contribution in [0.15, 0.2) is 72.8 Å². The third-order valence-electron chi connectivity index (χ3n) is 6.81. The molecule has 1 amide bonds. The fourth-order valence-electron chi connectivity index (χ4n) is 5.12. The van der Waals surface area contributed by atoms with E-state index in [1.807, 2.05) is 53.4 Å². The van der Waals surface area contributed by atoms with Crippen molar-refractivity contribution in [2.45, 2.75) is 45.2 Å². The molecule has 1 aliphatic rings. The summed E-state index contributed by atoms with van der Waals surface area (Å²) in [6, 6.07) is 23.8. The van der Waals surface area contributed by atoms with Crippen LogP contribution in [0, 0.1) is 0 Å². The highest BCUT2D eigenvalue weighted by Crippen LogP contribution is 2.31. The lowest BCUT2D eigenvalue weighted by Gasteiger charge is -2.38. The molecule has 0 N–H and O–H groups in total. The SMILES string of the molecule is CC1CCCC(C)N1C(=O)COC(=O)c1cc(-c2cccc3ccccc23)nc2ccccc12. The number of amides is 1. The third-order valence-corrected chi connectivity index (χ3v) is 6.81. The molecule has 0 bridgehead atoms. The van der Waals surface area contributed by atoms with E-state index in [-0.39, 0.29) is 24.6 Å². The van der Waals surface area contributed by atoms with E-state index < -0.39 is 5.97 Å². The first-order chi connectivity index (χ1) is 16.5. The summed E-state index contributed by atoms with van der Waals surface area (Å²) >= 11 is 0. The second kappa shape index (κ2) is 9.26. The van der Waals surface area contributed by atoms with E-state index in [1.165, 1.54) is 0 Å². The smallest absolute Gasteiger partial charge is 0.339 e. The average molecular weight is 453 g/mol. The summed E-state index contributed by atoms with van der Waals surface area (Å²) in [5.74, 6) is -0.647. The maximum atomic E-state index is 13.2. The van der Waals surface area contributed by atoms with Crippen molar-refractivity contribution in [1.82, 2.24) is 9.88 Å². The van der Waals surface area contributed by atoms with Gasteiger partial charge in [0.25, 0.3) is 5.91 Å². The van der Waals surface area contributed by atoms with Gasteiger partial charge in [-0.25, -0.2) is 9.78 Å². The minimum Gasteiger partial charge on any atom is -0.452 e. The zero-order chi connectivity index (χ0) is 23.7. The molecule has 3 aromatic carbocycles. The first kappa shape index (κ1) is 22.1. The highest BCUT2D eigenvalue weighted by Gasteiger charge is 2.29. The zero-order valence-corrected chi connectivity index (χ0v) is 19.5. The molecule has 0 aliphatic carbocycles. The number of esters is 1. The lowest BCUT2D eigenvalue weighted by molar-refractivity contribution is -0.140. The molecule has 2 atom stereocenters. The number of nitrogens with zero attached hydrogens (tertiary/aromatic N) is 2. The van der Waals surface area contributed by atoms with E-state index in [9.17, 15) is 9.59 Å². The Bertz CT molecular complexity index is 1370. The number of hydrogen-bond acceptors (Lipinski definition) is 4. The predicted molar refractivity (Wildman–Crippen MR) is 135 cm³/mol. The molecule has 2 unspecified atom stereocenters. The molecule has 4 aromatic rings. The molecule has 1 aliphatic heterocycles. The number of carbonyl (C=O) groups is 2. The first-order valence-corrected chi connectivity index (χ1v) is 11.9. The number of pyridine rings is 1. The van der Waals surface area contributed by atoms with Crippen molar-refractivity contribution in [2.24, 2.45) is 0 Å². The van der Waals surface area contributed by atoms with Gasteiger partial charge in [0.2, 0.25) is 0 Å². The Balaban J connectivity index is 1.48. The standard InChI is InChI=1S/C29H28N2O3/c1-19-9-7-10-20(2)31(19)28(32)18-34-29(33)25-17-27(30-26-16-6-5-14-24(25)26)23-15-8-12-21-11-3-4-13-22(21)23/h3-6,8,11-17,19-20H,7,9-10,18H2,1-2H3. The summed E-state index contributed by atoms with van der Waals surface area (Å²) in [5.41, 5.74) is 2.78. The summed E-state index contributed by atoms with van der Waals surface area (Å²) in [6.07, 6.45) is 3.08. The number of piperidine rings is 1. The molecule has 0 spiro atoms. The summed E-state index contributed by atoms with van der Waals surface area (Å²) in [6.45, 7) is 3.86. The Labute approximate surface area is 199 Å². The topological polar surface area (TPSA) is 59.5 Å². The molecule has 0 radical (unpaired) electrons. The van der Waals surface area contributed by atoms with Gasteiger partial charge in [0.15, 0.2) is 6.61 Å². The lowest BCUT2D eigenvalue weighted by atomic mass is 9.97. The van der Waals surface area contributed by atoms with Crippen LogP contribution in [0.2, 0.25) is 0 Å². The highest BCUT2D eigenvalue weighted by molar-refractivity contribution is 6.06. The molecule has 2 heterocycles. The highest BCUT2D eigenvalue weighted by atomic mass is 16.5. The molecular weight excluding hydrogens is 424 g/mol. The number of hydrogen-bond donors (Lipinski definition) is 0. The minimum atomic E-state index is -0.509. The van der Waals surface area contributed by atoms with E-state index in [2.05, 4.69) is 32.0 Å². The zero-order valence-electron chi connectivity index (χ0n) is 19.5. The summed E-state index contributed by atoms with van der Waals surface area (Å²) in [5, 5.41) is 2.88. The van der Waals surface area contributed by atoms with Crippen LogP contribution in [-0.4, -0.2) is 40.5 Å². The molecule has 1 aromatic heterocycles. The Kier molecular flexibility index (Phi) is 6.01. The molecule has 5 nitrogen and oxygen atoms in total. The summed E-state index contributed by atoms with van der Waals surface area (Å²) in [7, 11) is 0. The Morgan fingerprint density at radius 1 is 0.912 bits per heavy atom. The van der Waals surface area contributed by atoms with Crippen LogP contribution in [-0.2, 0) is 9.53 Å². The van der Waals surface area contributed by atoms with Gasteiger partial charge in [-0.1, -0.05) is 60.7 Å². The second-order valence-corrected chi connectivity index (χ2v) is 9.11. The van der Waals surface area contributed by atoms with Gasteiger partial charge in [-0.2, -0.15) is 0 Å². The number of carbonyl (C=O) groups excluding carboxylic acids is 2. The number of benzene rings is 3. The van der Waals surface area contributed by atoms with Crippen molar-refractivity contribution in [3.63, 3.8) is 0 Å².